The van der Waals surface area contributed by atoms with Gasteiger partial charge in [-0.15, -0.1) is 0 Å². The van der Waals surface area contributed by atoms with Crippen LogP contribution in [-0.2, 0) is 4.79 Å². The Morgan fingerprint density at radius 3 is 2.78 bits per heavy atom. The minimum absolute atomic E-state index is 0.0481. The fraction of sp³-hybridized carbons (Fsp3) is 0.294. The molecule has 0 spiro atoms. The highest BCUT2D eigenvalue weighted by Crippen LogP contribution is 2.26. The van der Waals surface area contributed by atoms with Crippen LogP contribution in [0.3, 0.4) is 0 Å². The fourth-order valence-electron chi connectivity index (χ4n) is 2.77. The molecule has 2 heterocycles. The van der Waals surface area contributed by atoms with E-state index >= 15 is 0 Å². The fourth-order valence-corrected chi connectivity index (χ4v) is 2.77. The maximum Gasteiger partial charge on any atom is 0.273 e. The van der Waals surface area contributed by atoms with E-state index in [1.165, 1.54) is 0 Å². The topological polar surface area (TPSA) is 75.2 Å². The van der Waals surface area contributed by atoms with Crippen molar-refractivity contribution in [3.05, 3.63) is 59.7 Å². The Morgan fingerprint density at radius 2 is 2.04 bits per heavy atom. The lowest BCUT2D eigenvalue weighted by molar-refractivity contribution is -0.121. The van der Waals surface area contributed by atoms with Gasteiger partial charge < -0.3 is 10.2 Å². The Hall–Kier alpha value is -2.76. The predicted molar refractivity (Wildman–Crippen MR) is 84.6 cm³/mol. The molecule has 1 aliphatic rings. The Labute approximate surface area is 134 Å². The number of nitrogens with zero attached hydrogens (tertiary/aromatic N) is 3. The van der Waals surface area contributed by atoms with E-state index in [2.05, 4.69) is 15.3 Å². The molecule has 1 saturated heterocycles. The van der Waals surface area contributed by atoms with Gasteiger partial charge in [-0.2, -0.15) is 0 Å². The summed E-state index contributed by atoms with van der Waals surface area (Å²) in [6.07, 6.45) is 1.83. The number of hydrogen-bond acceptors (Lipinski definition) is 4. The minimum atomic E-state index is -0.290. The normalized spacial score (nSPS) is 18.2. The van der Waals surface area contributed by atoms with Crippen LogP contribution in [0.2, 0.25) is 0 Å². The molecule has 3 rings (SSSR count). The van der Waals surface area contributed by atoms with E-state index in [9.17, 15) is 9.59 Å². The maximum absolute atomic E-state index is 12.9. The zero-order chi connectivity index (χ0) is 16.2. The van der Waals surface area contributed by atoms with E-state index in [0.29, 0.717) is 24.6 Å². The lowest BCUT2D eigenvalue weighted by Crippen LogP contribution is -2.37. The average Bonchev–Trinajstić information content (AvgIpc) is 2.76. The van der Waals surface area contributed by atoms with Crippen LogP contribution >= 0.6 is 0 Å². The lowest BCUT2D eigenvalue weighted by Gasteiger charge is -2.29. The molecule has 0 saturated carbocycles. The molecule has 1 N–H and O–H groups in total. The van der Waals surface area contributed by atoms with Gasteiger partial charge in [0.25, 0.3) is 5.91 Å². The van der Waals surface area contributed by atoms with Crippen molar-refractivity contribution in [3.8, 4) is 0 Å². The second-order valence-electron chi connectivity index (χ2n) is 5.47. The third kappa shape index (κ3) is 3.36. The number of carbonyl (C=O) groups excluding carboxylic acids is 2. The van der Waals surface area contributed by atoms with Crippen molar-refractivity contribution in [2.75, 3.05) is 13.1 Å². The van der Waals surface area contributed by atoms with E-state index in [1.807, 2.05) is 30.3 Å². The summed E-state index contributed by atoms with van der Waals surface area (Å²) in [5.41, 5.74) is 1.30. The summed E-state index contributed by atoms with van der Waals surface area (Å²) in [6.45, 7) is 2.64. The smallest absolute Gasteiger partial charge is 0.273 e. The first-order valence-electron chi connectivity index (χ1n) is 7.57. The summed E-state index contributed by atoms with van der Waals surface area (Å²) < 4.78 is 0. The number of benzene rings is 1. The van der Waals surface area contributed by atoms with E-state index in [0.717, 1.165) is 5.56 Å². The molecule has 6 nitrogen and oxygen atoms in total. The van der Waals surface area contributed by atoms with Crippen LogP contribution in [0.4, 0.5) is 0 Å². The van der Waals surface area contributed by atoms with Crippen LogP contribution in [0.5, 0.6) is 0 Å². The van der Waals surface area contributed by atoms with Crippen molar-refractivity contribution in [3.63, 3.8) is 0 Å². The van der Waals surface area contributed by atoms with Gasteiger partial charge in [0.1, 0.15) is 11.5 Å². The van der Waals surface area contributed by atoms with Crippen LogP contribution in [0.1, 0.15) is 34.3 Å². The Balaban J connectivity index is 1.96. The molecule has 1 fully saturated rings. The quantitative estimate of drug-likeness (QED) is 0.912. The number of amides is 2. The zero-order valence-electron chi connectivity index (χ0n) is 12.9. The van der Waals surface area contributed by atoms with E-state index in [1.54, 1.807) is 24.1 Å². The maximum atomic E-state index is 12.9. The number of aromatic nitrogens is 2. The third-order valence-corrected chi connectivity index (χ3v) is 3.87. The molecule has 0 bridgehead atoms. The first-order chi connectivity index (χ1) is 11.1. The van der Waals surface area contributed by atoms with Gasteiger partial charge >= 0.3 is 0 Å². The summed E-state index contributed by atoms with van der Waals surface area (Å²) in [5, 5.41) is 2.83. The van der Waals surface area contributed by atoms with E-state index in [-0.39, 0.29) is 24.3 Å². The van der Waals surface area contributed by atoms with E-state index in [4.69, 9.17) is 0 Å². The number of carbonyl (C=O) groups is 2. The average molecular weight is 310 g/mol. The van der Waals surface area contributed by atoms with Gasteiger partial charge in [0.05, 0.1) is 12.5 Å². The SMILES string of the molecule is Cc1nccc(C(=O)N2CCNC(=O)CC2c2ccccc2)n1. The highest BCUT2D eigenvalue weighted by molar-refractivity contribution is 5.93. The molecule has 2 aromatic rings. The van der Waals surface area contributed by atoms with Crippen molar-refractivity contribution in [2.24, 2.45) is 0 Å². The second-order valence-corrected chi connectivity index (χ2v) is 5.47. The summed E-state index contributed by atoms with van der Waals surface area (Å²) >= 11 is 0. The van der Waals surface area contributed by atoms with Gasteiger partial charge in [0, 0.05) is 19.3 Å². The van der Waals surface area contributed by atoms with Crippen LogP contribution < -0.4 is 5.32 Å². The molecule has 2 amide bonds. The number of nitrogens with one attached hydrogen (secondary N) is 1. The summed E-state index contributed by atoms with van der Waals surface area (Å²) in [4.78, 5) is 34.8. The van der Waals surface area contributed by atoms with Gasteiger partial charge in [0.15, 0.2) is 0 Å². The van der Waals surface area contributed by atoms with Gasteiger partial charge in [-0.05, 0) is 18.6 Å². The summed E-state index contributed by atoms with van der Waals surface area (Å²) in [6, 6.07) is 10.9. The Bertz CT molecular complexity index is 718. The highest BCUT2D eigenvalue weighted by atomic mass is 16.2. The minimum Gasteiger partial charge on any atom is -0.354 e. The molecule has 0 radical (unpaired) electrons. The van der Waals surface area contributed by atoms with Gasteiger partial charge in [-0.3, -0.25) is 9.59 Å². The zero-order valence-corrected chi connectivity index (χ0v) is 12.9. The van der Waals surface area contributed by atoms with Gasteiger partial charge in [-0.1, -0.05) is 30.3 Å². The second kappa shape index (κ2) is 6.56. The number of rotatable bonds is 2. The van der Waals surface area contributed by atoms with Crippen molar-refractivity contribution in [1.82, 2.24) is 20.2 Å². The van der Waals surface area contributed by atoms with Crippen LogP contribution in [-0.4, -0.2) is 39.8 Å². The van der Waals surface area contributed by atoms with Crippen molar-refractivity contribution >= 4 is 11.8 Å². The van der Waals surface area contributed by atoms with Gasteiger partial charge in [-0.25, -0.2) is 9.97 Å². The van der Waals surface area contributed by atoms with Crippen LogP contribution in [0.25, 0.3) is 0 Å². The van der Waals surface area contributed by atoms with E-state index < -0.39 is 0 Å². The number of hydrogen-bond donors (Lipinski definition) is 1. The predicted octanol–water partition coefficient (Wildman–Crippen LogP) is 1.49. The summed E-state index contributed by atoms with van der Waals surface area (Å²) in [5.74, 6) is 0.324. The molecule has 6 heteroatoms. The number of aryl methyl sites for hydroxylation is 1. The van der Waals surface area contributed by atoms with Crippen molar-refractivity contribution in [2.45, 2.75) is 19.4 Å². The third-order valence-electron chi connectivity index (χ3n) is 3.87. The first-order valence-corrected chi connectivity index (χ1v) is 7.57. The van der Waals surface area contributed by atoms with Crippen LogP contribution in [0.15, 0.2) is 42.6 Å². The molecule has 23 heavy (non-hydrogen) atoms. The first kappa shape index (κ1) is 15.1. The summed E-state index contributed by atoms with van der Waals surface area (Å²) in [7, 11) is 0. The largest absolute Gasteiger partial charge is 0.354 e. The molecule has 1 atom stereocenters. The Morgan fingerprint density at radius 1 is 1.26 bits per heavy atom. The molecule has 1 aromatic heterocycles. The van der Waals surface area contributed by atoms with Crippen molar-refractivity contribution in [1.29, 1.82) is 0 Å². The molecule has 0 aliphatic carbocycles. The highest BCUT2D eigenvalue weighted by Gasteiger charge is 2.30. The molecular formula is C17H18N4O2. The molecular weight excluding hydrogens is 292 g/mol. The standard InChI is InChI=1S/C17H18N4O2/c1-12-18-8-7-14(20-12)17(23)21-10-9-19-16(22)11-15(21)13-5-3-2-4-6-13/h2-8,15H,9-11H2,1H3,(H,19,22). The molecule has 1 unspecified atom stereocenters. The molecule has 1 aliphatic heterocycles. The molecule has 118 valence electrons. The van der Waals surface area contributed by atoms with Crippen LogP contribution in [0, 0.1) is 6.92 Å². The van der Waals surface area contributed by atoms with Crippen molar-refractivity contribution < 1.29 is 9.59 Å². The van der Waals surface area contributed by atoms with Gasteiger partial charge in [0.2, 0.25) is 5.91 Å². The monoisotopic (exact) mass is 310 g/mol. The lowest BCUT2D eigenvalue weighted by atomic mass is 10.0. The Kier molecular flexibility index (Phi) is 4.32. The molecule has 1 aromatic carbocycles.